The largest absolute Gasteiger partial charge is 0.394 e. The molecule has 3 heteroatoms. The highest BCUT2D eigenvalue weighted by molar-refractivity contribution is 4.85. The van der Waals surface area contributed by atoms with Crippen LogP contribution in [-0.2, 0) is 0 Å². The molecule has 3 nitrogen and oxygen atoms in total. The molecule has 1 saturated heterocycles. The predicted molar refractivity (Wildman–Crippen MR) is 77.8 cm³/mol. The summed E-state index contributed by atoms with van der Waals surface area (Å²) in [4.78, 5) is 2.63. The summed E-state index contributed by atoms with van der Waals surface area (Å²) in [6.07, 6.45) is 5.95. The van der Waals surface area contributed by atoms with Gasteiger partial charge in [-0.3, -0.25) is 0 Å². The Bertz CT molecular complexity index is 220. The minimum absolute atomic E-state index is 0.0648. The lowest BCUT2D eigenvalue weighted by Crippen LogP contribution is -2.47. The van der Waals surface area contributed by atoms with Crippen molar-refractivity contribution in [1.29, 1.82) is 0 Å². The SMILES string of the molecule is CCC(CO)(CCCN1CC(C)CCC1C)NC. The van der Waals surface area contributed by atoms with Crippen LogP contribution in [0.15, 0.2) is 0 Å². The van der Waals surface area contributed by atoms with E-state index in [1.54, 1.807) is 0 Å². The zero-order valence-electron chi connectivity index (χ0n) is 12.7. The zero-order chi connectivity index (χ0) is 13.6. The fourth-order valence-corrected chi connectivity index (χ4v) is 3.06. The summed E-state index contributed by atoms with van der Waals surface area (Å²) in [7, 11) is 1.96. The third-order valence-corrected chi connectivity index (χ3v) is 4.86. The lowest BCUT2D eigenvalue weighted by atomic mass is 9.90. The number of hydrogen-bond donors (Lipinski definition) is 2. The smallest absolute Gasteiger partial charge is 0.0613 e. The molecule has 0 spiro atoms. The third-order valence-electron chi connectivity index (χ3n) is 4.86. The van der Waals surface area contributed by atoms with Crippen LogP contribution in [-0.4, -0.2) is 48.3 Å². The number of piperidine rings is 1. The van der Waals surface area contributed by atoms with Crippen molar-refractivity contribution >= 4 is 0 Å². The molecule has 1 heterocycles. The molecular weight excluding hydrogens is 224 g/mol. The molecule has 1 aliphatic rings. The average molecular weight is 256 g/mol. The Morgan fingerprint density at radius 1 is 1.33 bits per heavy atom. The Labute approximate surface area is 113 Å². The third kappa shape index (κ3) is 4.22. The standard InChI is InChI=1S/C15H32N2O/c1-5-15(12-18,16-4)9-6-10-17-11-13(2)7-8-14(17)3/h13-14,16,18H,5-12H2,1-4H3. The quantitative estimate of drug-likeness (QED) is 0.733. The van der Waals surface area contributed by atoms with Gasteiger partial charge in [-0.2, -0.15) is 0 Å². The second-order valence-corrected chi connectivity index (χ2v) is 6.17. The number of aliphatic hydroxyl groups is 1. The van der Waals surface area contributed by atoms with Gasteiger partial charge in [0.2, 0.25) is 0 Å². The monoisotopic (exact) mass is 256 g/mol. The van der Waals surface area contributed by atoms with Crippen LogP contribution in [0.5, 0.6) is 0 Å². The molecule has 3 atom stereocenters. The first-order valence-electron chi connectivity index (χ1n) is 7.60. The zero-order valence-corrected chi connectivity index (χ0v) is 12.7. The van der Waals surface area contributed by atoms with Crippen molar-refractivity contribution in [2.24, 2.45) is 5.92 Å². The summed E-state index contributed by atoms with van der Waals surface area (Å²) >= 11 is 0. The van der Waals surface area contributed by atoms with Crippen LogP contribution >= 0.6 is 0 Å². The van der Waals surface area contributed by atoms with Crippen molar-refractivity contribution < 1.29 is 5.11 Å². The molecule has 0 bridgehead atoms. The number of rotatable bonds is 7. The van der Waals surface area contributed by atoms with Gasteiger partial charge >= 0.3 is 0 Å². The summed E-state index contributed by atoms with van der Waals surface area (Å²) in [5, 5.41) is 12.8. The van der Waals surface area contributed by atoms with Crippen LogP contribution < -0.4 is 5.32 Å². The summed E-state index contributed by atoms with van der Waals surface area (Å²) < 4.78 is 0. The highest BCUT2D eigenvalue weighted by Gasteiger charge is 2.26. The van der Waals surface area contributed by atoms with Crippen LogP contribution in [0.1, 0.15) is 52.9 Å². The van der Waals surface area contributed by atoms with Gasteiger partial charge in [0.05, 0.1) is 6.61 Å². The van der Waals surface area contributed by atoms with E-state index in [4.69, 9.17) is 0 Å². The molecule has 0 aromatic heterocycles. The second kappa shape index (κ2) is 7.46. The van der Waals surface area contributed by atoms with E-state index < -0.39 is 0 Å². The maximum atomic E-state index is 9.53. The molecule has 0 amide bonds. The lowest BCUT2D eigenvalue weighted by molar-refractivity contribution is 0.108. The molecule has 18 heavy (non-hydrogen) atoms. The van der Waals surface area contributed by atoms with Crippen molar-refractivity contribution in [3.63, 3.8) is 0 Å². The summed E-state index contributed by atoms with van der Waals surface area (Å²) in [6, 6.07) is 0.737. The predicted octanol–water partition coefficient (Wildman–Crippen LogP) is 2.25. The summed E-state index contributed by atoms with van der Waals surface area (Å²) in [5.74, 6) is 0.847. The lowest BCUT2D eigenvalue weighted by Gasteiger charge is -2.38. The number of nitrogens with zero attached hydrogens (tertiary/aromatic N) is 1. The van der Waals surface area contributed by atoms with Crippen molar-refractivity contribution in [3.8, 4) is 0 Å². The number of aliphatic hydroxyl groups excluding tert-OH is 1. The van der Waals surface area contributed by atoms with Crippen LogP contribution in [0, 0.1) is 5.92 Å². The normalized spacial score (nSPS) is 29.2. The fourth-order valence-electron chi connectivity index (χ4n) is 3.06. The van der Waals surface area contributed by atoms with Gasteiger partial charge in [0, 0.05) is 18.1 Å². The average Bonchev–Trinajstić information content (AvgIpc) is 2.39. The first-order chi connectivity index (χ1) is 8.56. The van der Waals surface area contributed by atoms with Crippen molar-refractivity contribution in [2.75, 3.05) is 26.7 Å². The molecule has 0 aliphatic carbocycles. The maximum Gasteiger partial charge on any atom is 0.0613 e. The molecule has 108 valence electrons. The van der Waals surface area contributed by atoms with E-state index in [0.29, 0.717) is 0 Å². The van der Waals surface area contributed by atoms with Crippen LogP contribution in [0.2, 0.25) is 0 Å². The second-order valence-electron chi connectivity index (χ2n) is 6.17. The van der Waals surface area contributed by atoms with Gasteiger partial charge in [-0.05, 0) is 58.5 Å². The van der Waals surface area contributed by atoms with Crippen LogP contribution in [0.4, 0.5) is 0 Å². The Kier molecular flexibility index (Phi) is 6.61. The summed E-state index contributed by atoms with van der Waals surface area (Å²) in [5.41, 5.74) is -0.0648. The van der Waals surface area contributed by atoms with Crippen molar-refractivity contribution in [1.82, 2.24) is 10.2 Å². The van der Waals surface area contributed by atoms with Gasteiger partial charge in [-0.15, -0.1) is 0 Å². The number of likely N-dealkylation sites (tertiary alicyclic amines) is 1. The van der Waals surface area contributed by atoms with Gasteiger partial charge in [0.1, 0.15) is 0 Å². The highest BCUT2D eigenvalue weighted by atomic mass is 16.3. The maximum absolute atomic E-state index is 9.53. The van der Waals surface area contributed by atoms with E-state index in [0.717, 1.165) is 24.8 Å². The van der Waals surface area contributed by atoms with Crippen molar-refractivity contribution in [2.45, 2.75) is 64.5 Å². The molecule has 0 saturated carbocycles. The van der Waals surface area contributed by atoms with E-state index in [1.807, 2.05) is 7.05 Å². The van der Waals surface area contributed by atoms with Crippen LogP contribution in [0.3, 0.4) is 0 Å². The fraction of sp³-hybridized carbons (Fsp3) is 1.00. The Morgan fingerprint density at radius 2 is 2.06 bits per heavy atom. The number of hydrogen-bond acceptors (Lipinski definition) is 3. The molecule has 1 fully saturated rings. The Balaban J connectivity index is 2.35. The Morgan fingerprint density at radius 3 is 2.61 bits per heavy atom. The minimum atomic E-state index is -0.0648. The topological polar surface area (TPSA) is 35.5 Å². The molecular formula is C15H32N2O. The first-order valence-corrected chi connectivity index (χ1v) is 7.60. The van der Waals surface area contributed by atoms with E-state index in [2.05, 4.69) is 31.0 Å². The molecule has 1 rings (SSSR count). The van der Waals surface area contributed by atoms with Gasteiger partial charge in [-0.1, -0.05) is 13.8 Å². The van der Waals surface area contributed by atoms with E-state index in [9.17, 15) is 5.11 Å². The van der Waals surface area contributed by atoms with Gasteiger partial charge in [0.15, 0.2) is 0 Å². The minimum Gasteiger partial charge on any atom is -0.394 e. The highest BCUT2D eigenvalue weighted by Crippen LogP contribution is 2.23. The van der Waals surface area contributed by atoms with Gasteiger partial charge in [0.25, 0.3) is 0 Å². The molecule has 3 unspecified atom stereocenters. The molecule has 0 radical (unpaired) electrons. The van der Waals surface area contributed by atoms with Crippen LogP contribution in [0.25, 0.3) is 0 Å². The first kappa shape index (κ1) is 15.9. The number of nitrogens with one attached hydrogen (secondary N) is 1. The van der Waals surface area contributed by atoms with Gasteiger partial charge < -0.3 is 15.3 Å². The molecule has 2 N–H and O–H groups in total. The van der Waals surface area contributed by atoms with E-state index >= 15 is 0 Å². The summed E-state index contributed by atoms with van der Waals surface area (Å²) in [6.45, 7) is 9.53. The molecule has 1 aliphatic heterocycles. The van der Waals surface area contributed by atoms with E-state index in [1.165, 1.54) is 32.4 Å². The Hall–Kier alpha value is -0.120. The van der Waals surface area contributed by atoms with E-state index in [-0.39, 0.29) is 12.1 Å². The molecule has 0 aromatic rings. The number of likely N-dealkylation sites (N-methyl/N-ethyl adjacent to an activating group) is 1. The van der Waals surface area contributed by atoms with Crippen molar-refractivity contribution in [3.05, 3.63) is 0 Å². The molecule has 0 aromatic carbocycles. The van der Waals surface area contributed by atoms with Gasteiger partial charge in [-0.25, -0.2) is 0 Å².